The molecule has 0 amide bonds. The van der Waals surface area contributed by atoms with Gasteiger partial charge in [0.25, 0.3) is 0 Å². The van der Waals surface area contributed by atoms with E-state index in [1.54, 1.807) is 6.92 Å². The number of unbranched alkanes of at least 4 members (excludes halogenated alkanes) is 2. The Kier molecular flexibility index (Phi) is 5.64. The first-order chi connectivity index (χ1) is 10.5. The largest absolute Gasteiger partial charge is 0.387 e. The highest BCUT2D eigenvalue weighted by molar-refractivity contribution is 7.89. The Balaban J connectivity index is 2.33. The van der Waals surface area contributed by atoms with Crippen LogP contribution in [0.3, 0.4) is 0 Å². The average molecular weight is 323 g/mol. The average Bonchev–Trinajstić information content (AvgIpc) is 2.53. The Morgan fingerprint density at radius 2 is 1.95 bits per heavy atom. The van der Waals surface area contributed by atoms with E-state index < -0.39 is 16.1 Å². The molecule has 2 rings (SSSR count). The van der Waals surface area contributed by atoms with Crippen LogP contribution in [0.2, 0.25) is 0 Å². The summed E-state index contributed by atoms with van der Waals surface area (Å²) in [6.45, 7) is 4.05. The minimum absolute atomic E-state index is 0.0359. The van der Waals surface area contributed by atoms with Crippen LogP contribution < -0.4 is 0 Å². The summed E-state index contributed by atoms with van der Waals surface area (Å²) in [4.78, 5) is 0. The maximum absolute atomic E-state index is 12.4. The molecule has 1 heterocycles. The summed E-state index contributed by atoms with van der Waals surface area (Å²) in [6, 6.07) is 7.74. The lowest BCUT2D eigenvalue weighted by Crippen LogP contribution is -2.37. The quantitative estimate of drug-likeness (QED) is 0.784. The minimum atomic E-state index is -3.38. The molecule has 5 heteroatoms. The van der Waals surface area contributed by atoms with Gasteiger partial charge < -0.3 is 5.11 Å². The number of hydrogen-bond donors (Lipinski definition) is 1. The summed E-state index contributed by atoms with van der Waals surface area (Å²) >= 11 is 0. The molecule has 1 atom stereocenters. The highest BCUT2D eigenvalue weighted by Gasteiger charge is 2.30. The van der Waals surface area contributed by atoms with E-state index in [1.807, 2.05) is 30.3 Å². The monoisotopic (exact) mass is 323 g/mol. The zero-order chi connectivity index (χ0) is 16.2. The van der Waals surface area contributed by atoms with Gasteiger partial charge in [-0.15, -0.1) is 0 Å². The van der Waals surface area contributed by atoms with Crippen LogP contribution in [0, 0.1) is 0 Å². The topological polar surface area (TPSA) is 57.6 Å². The van der Waals surface area contributed by atoms with Crippen LogP contribution in [-0.4, -0.2) is 29.7 Å². The van der Waals surface area contributed by atoms with Crippen LogP contribution in [0.4, 0.5) is 0 Å². The van der Waals surface area contributed by atoms with Crippen molar-refractivity contribution in [1.29, 1.82) is 0 Å². The van der Waals surface area contributed by atoms with E-state index in [4.69, 9.17) is 0 Å². The minimum Gasteiger partial charge on any atom is -0.387 e. The number of hydrogen-bond acceptors (Lipinski definition) is 3. The Morgan fingerprint density at radius 3 is 2.64 bits per heavy atom. The van der Waals surface area contributed by atoms with Crippen molar-refractivity contribution in [3.05, 3.63) is 41.1 Å². The Hall–Kier alpha value is -1.33. The number of nitrogens with zero attached hydrogens (tertiary/aromatic N) is 1. The second kappa shape index (κ2) is 7.29. The molecule has 0 fully saturated rings. The fourth-order valence-corrected chi connectivity index (χ4v) is 3.85. The molecule has 0 radical (unpaired) electrons. The van der Waals surface area contributed by atoms with Gasteiger partial charge in [-0.2, -0.15) is 0 Å². The Morgan fingerprint density at radius 1 is 1.23 bits per heavy atom. The molecule has 1 N–H and O–H groups in total. The molecular weight excluding hydrogens is 298 g/mol. The lowest BCUT2D eigenvalue weighted by atomic mass is 9.99. The number of fused-ring (bicyclic) bond motifs is 1. The molecule has 1 aromatic rings. The standard InChI is InChI=1S/C17H25NO3S/c1-3-5-6-11-17(19)16-12-14-9-7-8-10-15(14)13-18(16)22(20,21)4-2/h7-10,12,17,19H,3-6,11,13H2,1-2H3. The number of rotatable bonds is 7. The van der Waals surface area contributed by atoms with Crippen LogP contribution in [-0.2, 0) is 16.6 Å². The molecule has 1 aromatic carbocycles. The maximum atomic E-state index is 12.4. The first-order valence-electron chi connectivity index (χ1n) is 7.97. The zero-order valence-electron chi connectivity index (χ0n) is 13.3. The third kappa shape index (κ3) is 3.70. The molecule has 0 saturated carbocycles. The van der Waals surface area contributed by atoms with Gasteiger partial charge in [0.15, 0.2) is 0 Å². The van der Waals surface area contributed by atoms with Gasteiger partial charge in [-0.05, 0) is 30.5 Å². The van der Waals surface area contributed by atoms with Crippen molar-refractivity contribution in [3.63, 3.8) is 0 Å². The van der Waals surface area contributed by atoms with Gasteiger partial charge in [-0.1, -0.05) is 50.5 Å². The number of benzene rings is 1. The Bertz CT molecular complexity index is 637. The summed E-state index contributed by atoms with van der Waals surface area (Å²) < 4.78 is 26.1. The molecule has 0 saturated heterocycles. The van der Waals surface area contributed by atoms with Gasteiger partial charge in [0.05, 0.1) is 24.1 Å². The normalized spacial score (nSPS) is 16.1. The molecule has 0 aromatic heterocycles. The van der Waals surface area contributed by atoms with E-state index in [1.165, 1.54) is 4.31 Å². The summed E-state index contributed by atoms with van der Waals surface area (Å²) in [5, 5.41) is 10.5. The SMILES string of the molecule is CCCCCC(O)C1=Cc2ccccc2CN1S(=O)(=O)CC. The molecule has 22 heavy (non-hydrogen) atoms. The van der Waals surface area contributed by atoms with Crippen molar-refractivity contribution in [2.24, 2.45) is 0 Å². The highest BCUT2D eigenvalue weighted by atomic mass is 32.2. The van der Waals surface area contributed by atoms with Gasteiger partial charge in [0.2, 0.25) is 10.0 Å². The number of sulfonamides is 1. The van der Waals surface area contributed by atoms with Crippen molar-refractivity contribution in [1.82, 2.24) is 4.31 Å². The van der Waals surface area contributed by atoms with Crippen LogP contribution in [0.15, 0.2) is 30.0 Å². The summed E-state index contributed by atoms with van der Waals surface area (Å²) in [6.07, 6.45) is 4.70. The van der Waals surface area contributed by atoms with E-state index in [9.17, 15) is 13.5 Å². The third-order valence-corrected chi connectivity index (χ3v) is 5.82. The van der Waals surface area contributed by atoms with Crippen LogP contribution >= 0.6 is 0 Å². The van der Waals surface area contributed by atoms with E-state index in [2.05, 4.69) is 6.92 Å². The molecule has 122 valence electrons. The van der Waals surface area contributed by atoms with E-state index >= 15 is 0 Å². The molecule has 1 unspecified atom stereocenters. The van der Waals surface area contributed by atoms with Crippen LogP contribution in [0.25, 0.3) is 6.08 Å². The molecule has 1 aliphatic heterocycles. The second-order valence-electron chi connectivity index (χ2n) is 5.69. The van der Waals surface area contributed by atoms with Crippen molar-refractivity contribution in [3.8, 4) is 0 Å². The predicted octanol–water partition coefficient (Wildman–Crippen LogP) is 3.13. The van der Waals surface area contributed by atoms with Crippen molar-refractivity contribution >= 4 is 16.1 Å². The maximum Gasteiger partial charge on any atom is 0.235 e. The number of aliphatic hydroxyl groups excluding tert-OH is 1. The highest BCUT2D eigenvalue weighted by Crippen LogP contribution is 2.30. The van der Waals surface area contributed by atoms with Gasteiger partial charge in [0, 0.05) is 0 Å². The van der Waals surface area contributed by atoms with Crippen molar-refractivity contribution < 1.29 is 13.5 Å². The van der Waals surface area contributed by atoms with Crippen LogP contribution in [0.1, 0.15) is 50.7 Å². The molecule has 0 aliphatic carbocycles. The smallest absolute Gasteiger partial charge is 0.235 e. The molecular formula is C17H25NO3S. The first kappa shape index (κ1) is 17.0. The summed E-state index contributed by atoms with van der Waals surface area (Å²) in [5.41, 5.74) is 2.48. The second-order valence-corrected chi connectivity index (χ2v) is 7.87. The van der Waals surface area contributed by atoms with E-state index in [-0.39, 0.29) is 5.75 Å². The molecule has 0 spiro atoms. The fraction of sp³-hybridized carbons (Fsp3) is 0.529. The third-order valence-electron chi connectivity index (χ3n) is 4.08. The van der Waals surface area contributed by atoms with Gasteiger partial charge in [-0.25, -0.2) is 8.42 Å². The molecule has 4 nitrogen and oxygen atoms in total. The van der Waals surface area contributed by atoms with Crippen LogP contribution in [0.5, 0.6) is 0 Å². The first-order valence-corrected chi connectivity index (χ1v) is 9.58. The van der Waals surface area contributed by atoms with E-state index in [0.717, 1.165) is 30.4 Å². The lowest BCUT2D eigenvalue weighted by Gasteiger charge is -2.33. The fourth-order valence-electron chi connectivity index (χ4n) is 2.71. The van der Waals surface area contributed by atoms with Gasteiger partial charge in [-0.3, -0.25) is 4.31 Å². The van der Waals surface area contributed by atoms with Gasteiger partial charge in [0.1, 0.15) is 0 Å². The predicted molar refractivity (Wildman–Crippen MR) is 89.6 cm³/mol. The molecule has 0 bridgehead atoms. The Labute approximate surface area is 133 Å². The zero-order valence-corrected chi connectivity index (χ0v) is 14.1. The van der Waals surface area contributed by atoms with Crippen molar-refractivity contribution in [2.45, 2.75) is 52.2 Å². The number of aliphatic hydroxyl groups is 1. The van der Waals surface area contributed by atoms with Gasteiger partial charge >= 0.3 is 0 Å². The van der Waals surface area contributed by atoms with Crippen molar-refractivity contribution in [2.75, 3.05) is 5.75 Å². The lowest BCUT2D eigenvalue weighted by molar-refractivity contribution is 0.171. The molecule has 1 aliphatic rings. The summed E-state index contributed by atoms with van der Waals surface area (Å²) in [5.74, 6) is 0.0359. The summed E-state index contributed by atoms with van der Waals surface area (Å²) in [7, 11) is -3.38. The van der Waals surface area contributed by atoms with E-state index in [0.29, 0.717) is 18.7 Å².